The van der Waals surface area contributed by atoms with Crippen LogP contribution in [0.5, 0.6) is 0 Å². The van der Waals surface area contributed by atoms with E-state index in [-0.39, 0.29) is 36.1 Å². The largest absolute Gasteiger partial charge is 0.456 e. The van der Waals surface area contributed by atoms with Crippen molar-refractivity contribution in [3.63, 3.8) is 0 Å². The average molecular weight is 475 g/mol. The minimum absolute atomic E-state index is 0.00679. The van der Waals surface area contributed by atoms with Crippen molar-refractivity contribution in [2.75, 3.05) is 13.2 Å². The molecule has 0 aliphatic carbocycles. The van der Waals surface area contributed by atoms with Crippen molar-refractivity contribution < 1.29 is 27.5 Å². The molecule has 1 amide bonds. The van der Waals surface area contributed by atoms with E-state index in [1.165, 1.54) is 10.6 Å². The summed E-state index contributed by atoms with van der Waals surface area (Å²) in [6.45, 7) is 2.01. The second kappa shape index (κ2) is 11.0. The molecule has 0 aliphatic heterocycles. The molecule has 0 atom stereocenters. The Labute approximate surface area is 193 Å². The van der Waals surface area contributed by atoms with Gasteiger partial charge in [0.1, 0.15) is 5.69 Å². The first kappa shape index (κ1) is 24.9. The van der Waals surface area contributed by atoms with E-state index in [0.29, 0.717) is 6.54 Å². The smallest absolute Gasteiger partial charge is 0.416 e. The first-order valence-electron chi connectivity index (χ1n) is 10.8. The van der Waals surface area contributed by atoms with Gasteiger partial charge in [0.25, 0.3) is 11.5 Å². The number of nitrogens with zero attached hydrogens (tertiary/aromatic N) is 2. The number of benzene rings is 2. The molecular weight excluding hydrogens is 451 g/mol. The second-order valence-corrected chi connectivity index (χ2v) is 7.65. The van der Waals surface area contributed by atoms with E-state index in [1.54, 1.807) is 24.3 Å². The first-order chi connectivity index (χ1) is 16.2. The van der Waals surface area contributed by atoms with E-state index in [1.807, 2.05) is 13.0 Å². The zero-order chi connectivity index (χ0) is 24.7. The lowest BCUT2D eigenvalue weighted by atomic mass is 10.1. The lowest BCUT2D eigenvalue weighted by Crippen LogP contribution is -2.30. The number of esters is 1. The molecule has 1 aromatic heterocycles. The van der Waals surface area contributed by atoms with E-state index >= 15 is 0 Å². The molecule has 2 aromatic carbocycles. The number of ether oxygens (including phenoxy) is 1. The standard InChI is InChI=1S/C24H24F3N3O4/c1-2-12-28-21(31)15-34-22(32)11-9-18-23(33)30(14-16-6-4-3-5-7-16)20-10-8-17(24(25,26)27)13-19(20)29-18/h3-8,10,13H,2,9,11-12,14-15H2,1H3,(H,28,31). The quantitative estimate of drug-likeness (QED) is 0.479. The van der Waals surface area contributed by atoms with Crippen LogP contribution in [-0.4, -0.2) is 34.6 Å². The lowest BCUT2D eigenvalue weighted by Gasteiger charge is -2.14. The highest BCUT2D eigenvalue weighted by molar-refractivity contribution is 5.80. The molecule has 0 aliphatic rings. The zero-order valence-corrected chi connectivity index (χ0v) is 18.5. The van der Waals surface area contributed by atoms with Gasteiger partial charge in [-0.05, 0) is 30.2 Å². The van der Waals surface area contributed by atoms with Crippen LogP contribution >= 0.6 is 0 Å². The number of aryl methyl sites for hydroxylation is 1. The number of hydrogen-bond acceptors (Lipinski definition) is 5. The van der Waals surface area contributed by atoms with Crippen molar-refractivity contribution in [3.8, 4) is 0 Å². The summed E-state index contributed by atoms with van der Waals surface area (Å²) in [7, 11) is 0. The van der Waals surface area contributed by atoms with E-state index in [2.05, 4.69) is 10.3 Å². The fraction of sp³-hybridized carbons (Fsp3) is 0.333. The Hall–Kier alpha value is -3.69. The summed E-state index contributed by atoms with van der Waals surface area (Å²) in [5, 5.41) is 2.57. The number of nitrogens with one attached hydrogen (secondary N) is 1. The Morgan fingerprint density at radius 1 is 1.12 bits per heavy atom. The van der Waals surface area contributed by atoms with Crippen molar-refractivity contribution in [1.29, 1.82) is 0 Å². The molecule has 0 saturated carbocycles. The third-order valence-corrected chi connectivity index (χ3v) is 5.03. The number of carbonyl (C=O) groups excluding carboxylic acids is 2. The molecule has 3 aromatic rings. The number of amides is 1. The van der Waals surface area contributed by atoms with Crippen LogP contribution in [0, 0.1) is 0 Å². The molecule has 1 N–H and O–H groups in total. The van der Waals surface area contributed by atoms with Crippen LogP contribution in [0.3, 0.4) is 0 Å². The minimum Gasteiger partial charge on any atom is -0.456 e. The summed E-state index contributed by atoms with van der Waals surface area (Å²) >= 11 is 0. The van der Waals surface area contributed by atoms with Gasteiger partial charge in [0.15, 0.2) is 6.61 Å². The number of halogens is 3. The molecule has 7 nitrogen and oxygen atoms in total. The van der Waals surface area contributed by atoms with Crippen LogP contribution in [-0.2, 0) is 33.5 Å². The van der Waals surface area contributed by atoms with Gasteiger partial charge in [0.2, 0.25) is 0 Å². The minimum atomic E-state index is -4.57. The summed E-state index contributed by atoms with van der Waals surface area (Å²) in [6.07, 6.45) is -4.23. The van der Waals surface area contributed by atoms with Crippen molar-refractivity contribution in [2.24, 2.45) is 0 Å². The molecule has 10 heteroatoms. The van der Waals surface area contributed by atoms with Gasteiger partial charge in [-0.25, -0.2) is 4.98 Å². The maximum absolute atomic E-state index is 13.2. The van der Waals surface area contributed by atoms with Crippen LogP contribution < -0.4 is 10.9 Å². The number of hydrogen-bond donors (Lipinski definition) is 1. The molecule has 0 unspecified atom stereocenters. The third kappa shape index (κ3) is 6.43. The number of carbonyl (C=O) groups is 2. The Balaban J connectivity index is 1.88. The Morgan fingerprint density at radius 3 is 2.53 bits per heavy atom. The summed E-state index contributed by atoms with van der Waals surface area (Å²) in [5.74, 6) is -1.16. The molecule has 34 heavy (non-hydrogen) atoms. The van der Waals surface area contributed by atoms with Gasteiger partial charge in [0.05, 0.1) is 29.6 Å². The van der Waals surface area contributed by atoms with Crippen molar-refractivity contribution in [2.45, 2.75) is 38.9 Å². The van der Waals surface area contributed by atoms with Gasteiger partial charge in [0, 0.05) is 13.0 Å². The summed E-state index contributed by atoms with van der Waals surface area (Å²) in [6, 6.07) is 12.0. The van der Waals surface area contributed by atoms with Crippen LogP contribution in [0.4, 0.5) is 13.2 Å². The molecule has 3 rings (SSSR count). The maximum atomic E-state index is 13.2. The predicted molar refractivity (Wildman–Crippen MR) is 119 cm³/mol. The fourth-order valence-corrected chi connectivity index (χ4v) is 3.32. The first-order valence-corrected chi connectivity index (χ1v) is 10.8. The summed E-state index contributed by atoms with van der Waals surface area (Å²) in [4.78, 5) is 40.9. The second-order valence-electron chi connectivity index (χ2n) is 7.65. The number of fused-ring (bicyclic) bond motifs is 1. The van der Waals surface area contributed by atoms with Crippen LogP contribution in [0.2, 0.25) is 0 Å². The SMILES string of the molecule is CCCNC(=O)COC(=O)CCc1nc2cc(C(F)(F)F)ccc2n(Cc2ccccc2)c1=O. The molecule has 1 heterocycles. The normalized spacial score (nSPS) is 11.4. The Kier molecular flexibility index (Phi) is 8.04. The number of alkyl halides is 3. The highest BCUT2D eigenvalue weighted by Gasteiger charge is 2.31. The summed E-state index contributed by atoms with van der Waals surface area (Å²) < 4.78 is 46.0. The molecule has 180 valence electrons. The molecule has 0 saturated heterocycles. The molecule has 0 bridgehead atoms. The Morgan fingerprint density at radius 2 is 1.85 bits per heavy atom. The van der Waals surface area contributed by atoms with Gasteiger partial charge < -0.3 is 14.6 Å². The molecular formula is C24H24F3N3O4. The average Bonchev–Trinajstić information content (AvgIpc) is 2.81. The fourth-order valence-electron chi connectivity index (χ4n) is 3.32. The van der Waals surface area contributed by atoms with Crippen molar-refractivity contribution >= 4 is 22.9 Å². The van der Waals surface area contributed by atoms with Gasteiger partial charge >= 0.3 is 12.1 Å². The molecule has 0 spiro atoms. The summed E-state index contributed by atoms with van der Waals surface area (Å²) in [5.41, 5.74) is -0.436. The highest BCUT2D eigenvalue weighted by Crippen LogP contribution is 2.31. The molecule has 0 radical (unpaired) electrons. The van der Waals surface area contributed by atoms with Gasteiger partial charge in [-0.1, -0.05) is 37.3 Å². The van der Waals surface area contributed by atoms with E-state index < -0.39 is 35.8 Å². The van der Waals surface area contributed by atoms with Crippen LogP contribution in [0.1, 0.15) is 36.6 Å². The third-order valence-electron chi connectivity index (χ3n) is 5.03. The van der Waals surface area contributed by atoms with Gasteiger partial charge in [-0.15, -0.1) is 0 Å². The highest BCUT2D eigenvalue weighted by atomic mass is 19.4. The van der Waals surface area contributed by atoms with Gasteiger partial charge in [-0.2, -0.15) is 13.2 Å². The maximum Gasteiger partial charge on any atom is 0.416 e. The zero-order valence-electron chi connectivity index (χ0n) is 18.5. The van der Waals surface area contributed by atoms with E-state index in [0.717, 1.165) is 24.1 Å². The van der Waals surface area contributed by atoms with Crippen LogP contribution in [0.15, 0.2) is 53.3 Å². The van der Waals surface area contributed by atoms with Crippen molar-refractivity contribution in [3.05, 3.63) is 75.7 Å². The lowest BCUT2D eigenvalue weighted by molar-refractivity contribution is -0.148. The van der Waals surface area contributed by atoms with E-state index in [4.69, 9.17) is 4.74 Å². The van der Waals surface area contributed by atoms with Crippen LogP contribution in [0.25, 0.3) is 11.0 Å². The monoisotopic (exact) mass is 475 g/mol. The van der Waals surface area contributed by atoms with Gasteiger partial charge in [-0.3, -0.25) is 14.4 Å². The van der Waals surface area contributed by atoms with Crippen molar-refractivity contribution in [1.82, 2.24) is 14.9 Å². The van der Waals surface area contributed by atoms with E-state index in [9.17, 15) is 27.6 Å². The number of aromatic nitrogens is 2. The molecule has 0 fully saturated rings. The number of rotatable bonds is 9. The topological polar surface area (TPSA) is 90.3 Å². The Bertz CT molecular complexity index is 1220. The predicted octanol–water partition coefficient (Wildman–Crippen LogP) is 3.47.